The van der Waals surface area contributed by atoms with Crippen molar-refractivity contribution >= 4 is 0 Å². The fourth-order valence-electron chi connectivity index (χ4n) is 4.40. The highest BCUT2D eigenvalue weighted by molar-refractivity contribution is 5.70. The molecule has 0 spiro atoms. The number of rotatable bonds is 8. The third-order valence-corrected chi connectivity index (χ3v) is 6.16. The summed E-state index contributed by atoms with van der Waals surface area (Å²) in [6.45, 7) is 4.19. The van der Waals surface area contributed by atoms with Crippen LogP contribution in [0.15, 0.2) is 77.6 Å². The molecule has 0 aliphatic rings. The summed E-state index contributed by atoms with van der Waals surface area (Å²) < 4.78 is 43.4. The van der Waals surface area contributed by atoms with Crippen LogP contribution in [-0.4, -0.2) is 15.9 Å². The van der Waals surface area contributed by atoms with Crippen LogP contribution in [0.2, 0.25) is 0 Å². The lowest BCUT2D eigenvalue weighted by molar-refractivity contribution is -0.274. The Kier molecular flexibility index (Phi) is 7.96. The predicted molar refractivity (Wildman–Crippen MR) is 140 cm³/mol. The van der Waals surface area contributed by atoms with E-state index in [1.807, 2.05) is 56.3 Å². The zero-order chi connectivity index (χ0) is 27.3. The normalized spacial score (nSPS) is 11.3. The number of ether oxygens (including phenoxy) is 1. The highest BCUT2D eigenvalue weighted by Crippen LogP contribution is 2.28. The van der Waals surface area contributed by atoms with Crippen LogP contribution in [0.4, 0.5) is 13.2 Å². The minimum Gasteiger partial charge on any atom is -0.406 e. The minimum absolute atomic E-state index is 0.247. The van der Waals surface area contributed by atoms with Crippen LogP contribution in [0, 0.1) is 11.3 Å². The molecule has 38 heavy (non-hydrogen) atoms. The molecule has 1 aromatic heterocycles. The first kappa shape index (κ1) is 26.7. The molecule has 0 saturated carbocycles. The van der Waals surface area contributed by atoms with Gasteiger partial charge in [-0.3, -0.25) is 9.36 Å². The quantitative estimate of drug-likeness (QED) is 0.255. The molecule has 1 heterocycles. The van der Waals surface area contributed by atoms with Gasteiger partial charge in [0.2, 0.25) is 0 Å². The number of hydrogen-bond acceptors (Lipinski definition) is 4. The number of benzene rings is 3. The zero-order valence-electron chi connectivity index (χ0n) is 21.0. The molecule has 0 aliphatic carbocycles. The third kappa shape index (κ3) is 5.94. The Morgan fingerprint density at radius 1 is 0.947 bits per heavy atom. The van der Waals surface area contributed by atoms with Crippen LogP contribution in [0.5, 0.6) is 5.75 Å². The second-order valence-corrected chi connectivity index (χ2v) is 8.77. The predicted octanol–water partition coefficient (Wildman–Crippen LogP) is 6.91. The van der Waals surface area contributed by atoms with E-state index < -0.39 is 6.36 Å². The molecule has 0 amide bonds. The number of nitriles is 1. The topological polar surface area (TPSA) is 67.9 Å². The Hall–Kier alpha value is -4.38. The minimum atomic E-state index is -4.79. The van der Waals surface area contributed by atoms with Gasteiger partial charge in [-0.2, -0.15) is 5.26 Å². The van der Waals surface area contributed by atoms with Crippen molar-refractivity contribution in [2.24, 2.45) is 0 Å². The maximum absolute atomic E-state index is 13.8. The first-order valence-corrected chi connectivity index (χ1v) is 12.3. The van der Waals surface area contributed by atoms with E-state index in [1.54, 1.807) is 10.6 Å². The average Bonchev–Trinajstić information content (AvgIpc) is 2.90. The highest BCUT2D eigenvalue weighted by Gasteiger charge is 2.31. The lowest BCUT2D eigenvalue weighted by Gasteiger charge is -2.17. The first-order chi connectivity index (χ1) is 18.2. The second kappa shape index (κ2) is 11.3. The van der Waals surface area contributed by atoms with Crippen molar-refractivity contribution < 1.29 is 17.9 Å². The summed E-state index contributed by atoms with van der Waals surface area (Å²) >= 11 is 0. The summed E-state index contributed by atoms with van der Waals surface area (Å²) in [6, 6.07) is 22.5. The molecule has 0 N–H and O–H groups in total. The van der Waals surface area contributed by atoms with E-state index >= 15 is 0 Å². The van der Waals surface area contributed by atoms with Crippen molar-refractivity contribution in [3.05, 3.63) is 106 Å². The first-order valence-electron chi connectivity index (χ1n) is 12.3. The van der Waals surface area contributed by atoms with Gasteiger partial charge < -0.3 is 4.74 Å². The van der Waals surface area contributed by atoms with Gasteiger partial charge in [0, 0.05) is 6.42 Å². The average molecular weight is 518 g/mol. The monoisotopic (exact) mass is 517 g/mol. The molecule has 3 aromatic carbocycles. The van der Waals surface area contributed by atoms with Crippen LogP contribution in [-0.2, 0) is 19.4 Å². The molecule has 194 valence electrons. The fourth-order valence-corrected chi connectivity index (χ4v) is 4.40. The molecule has 0 saturated heterocycles. The Bertz CT molecular complexity index is 1520. The van der Waals surface area contributed by atoms with Gasteiger partial charge in [0.1, 0.15) is 11.6 Å². The molecule has 8 heteroatoms. The van der Waals surface area contributed by atoms with Gasteiger partial charge in [0.15, 0.2) is 0 Å². The van der Waals surface area contributed by atoms with Crippen LogP contribution in [0.3, 0.4) is 0 Å². The lowest BCUT2D eigenvalue weighted by Crippen LogP contribution is -2.29. The van der Waals surface area contributed by atoms with E-state index in [9.17, 15) is 23.2 Å². The number of nitrogens with zero attached hydrogens (tertiary/aromatic N) is 3. The van der Waals surface area contributed by atoms with Gasteiger partial charge in [0.05, 0.1) is 29.4 Å². The van der Waals surface area contributed by atoms with Crippen LogP contribution in [0.1, 0.15) is 42.9 Å². The molecular weight excluding hydrogens is 491 g/mol. The van der Waals surface area contributed by atoms with E-state index in [-0.39, 0.29) is 17.9 Å². The van der Waals surface area contributed by atoms with Gasteiger partial charge >= 0.3 is 6.36 Å². The SMILES string of the molecule is CCCc1nc(CC)c(-c2ccc(OC(F)(F)F)cc2)c(=O)n1Cc1ccc(-c2ccccc2C#N)cc1. The van der Waals surface area contributed by atoms with E-state index in [1.165, 1.54) is 24.3 Å². The Morgan fingerprint density at radius 3 is 2.21 bits per heavy atom. The van der Waals surface area contributed by atoms with Crippen molar-refractivity contribution in [1.82, 2.24) is 9.55 Å². The highest BCUT2D eigenvalue weighted by atomic mass is 19.4. The maximum atomic E-state index is 13.8. The van der Waals surface area contributed by atoms with Gasteiger partial charge in [-0.1, -0.05) is 68.4 Å². The summed E-state index contributed by atoms with van der Waals surface area (Å²) in [6.07, 6.45) is -2.90. The molecule has 4 rings (SSSR count). The summed E-state index contributed by atoms with van der Waals surface area (Å²) in [5.74, 6) is 0.308. The largest absolute Gasteiger partial charge is 0.573 e. The molecule has 0 unspecified atom stereocenters. The summed E-state index contributed by atoms with van der Waals surface area (Å²) in [7, 11) is 0. The lowest BCUT2D eigenvalue weighted by atomic mass is 9.99. The van der Waals surface area contributed by atoms with E-state index in [0.29, 0.717) is 41.1 Å². The van der Waals surface area contributed by atoms with E-state index in [2.05, 4.69) is 10.8 Å². The molecule has 0 atom stereocenters. The maximum Gasteiger partial charge on any atom is 0.573 e. The molecule has 5 nitrogen and oxygen atoms in total. The molecule has 0 bridgehead atoms. The van der Waals surface area contributed by atoms with Crippen LogP contribution < -0.4 is 10.3 Å². The summed E-state index contributed by atoms with van der Waals surface area (Å²) in [4.78, 5) is 18.6. The van der Waals surface area contributed by atoms with E-state index in [0.717, 1.165) is 23.1 Å². The van der Waals surface area contributed by atoms with Crippen LogP contribution in [0.25, 0.3) is 22.3 Å². The van der Waals surface area contributed by atoms with Crippen molar-refractivity contribution in [2.45, 2.75) is 46.0 Å². The number of alkyl halides is 3. The Morgan fingerprint density at radius 2 is 1.61 bits per heavy atom. The van der Waals surface area contributed by atoms with Gasteiger partial charge in [-0.05, 0) is 53.3 Å². The van der Waals surface area contributed by atoms with Crippen molar-refractivity contribution in [1.29, 1.82) is 5.26 Å². The van der Waals surface area contributed by atoms with Crippen molar-refractivity contribution in [3.63, 3.8) is 0 Å². The number of halogens is 3. The summed E-state index contributed by atoms with van der Waals surface area (Å²) in [5, 5.41) is 9.42. The number of aryl methyl sites for hydroxylation is 2. The second-order valence-electron chi connectivity index (χ2n) is 8.77. The number of hydrogen-bond donors (Lipinski definition) is 0. The van der Waals surface area contributed by atoms with Gasteiger partial charge in [-0.25, -0.2) is 4.98 Å². The molecule has 0 fully saturated rings. The third-order valence-electron chi connectivity index (χ3n) is 6.16. The fraction of sp³-hybridized carbons (Fsp3) is 0.233. The van der Waals surface area contributed by atoms with Gasteiger partial charge in [-0.15, -0.1) is 13.2 Å². The van der Waals surface area contributed by atoms with E-state index in [4.69, 9.17) is 4.98 Å². The van der Waals surface area contributed by atoms with Crippen molar-refractivity contribution in [2.75, 3.05) is 0 Å². The summed E-state index contributed by atoms with van der Waals surface area (Å²) in [5.41, 5.74) is 4.39. The Labute approximate surface area is 218 Å². The molecular formula is C30H26F3N3O2. The van der Waals surface area contributed by atoms with Crippen molar-refractivity contribution in [3.8, 4) is 34.1 Å². The number of aromatic nitrogens is 2. The molecule has 0 radical (unpaired) electrons. The standard InChI is InChI=1S/C30H26F3N3O2/c1-3-7-27-35-26(4-2)28(22-14-16-24(17-15-22)38-30(31,32)33)29(37)36(27)19-20-10-12-21(13-11-20)25-9-6-5-8-23(25)18-34/h5-6,8-17H,3-4,7,19H2,1-2H3. The smallest absolute Gasteiger partial charge is 0.406 e. The zero-order valence-corrected chi connectivity index (χ0v) is 21.0. The molecule has 4 aromatic rings. The van der Waals surface area contributed by atoms with Crippen LogP contribution >= 0.6 is 0 Å². The Balaban J connectivity index is 1.73. The molecule has 0 aliphatic heterocycles. The van der Waals surface area contributed by atoms with Gasteiger partial charge in [0.25, 0.3) is 5.56 Å².